The summed E-state index contributed by atoms with van der Waals surface area (Å²) in [6.45, 7) is 1.75. The summed E-state index contributed by atoms with van der Waals surface area (Å²) in [5.41, 5.74) is -0.203. The largest absolute Gasteiger partial charge is 0.504 e. The number of likely N-dealkylation sites (tertiary alicyclic amines) is 1. The molecule has 2 aromatic carbocycles. The van der Waals surface area contributed by atoms with Crippen molar-refractivity contribution in [1.82, 2.24) is 9.80 Å². The molecule has 46 heavy (non-hydrogen) atoms. The number of benzene rings is 2. The molecule has 2 saturated carbocycles. The third-order valence-corrected chi connectivity index (χ3v) is 10.8. The number of carboxylic acid groups (broad SMARTS) is 2. The highest BCUT2D eigenvalue weighted by atomic mass is 19.1. The second-order valence-corrected chi connectivity index (χ2v) is 13.1. The lowest BCUT2D eigenvalue weighted by molar-refractivity contribution is -0.196. The molecule has 13 nitrogen and oxygen atoms in total. The summed E-state index contributed by atoms with van der Waals surface area (Å²) in [6, 6.07) is 6.91. The van der Waals surface area contributed by atoms with Crippen LogP contribution in [-0.2, 0) is 21.4 Å². The monoisotopic (exact) mass is 640 g/mol. The highest BCUT2D eigenvalue weighted by Gasteiger charge is 2.74. The number of halogens is 1. The molecule has 2 bridgehead atoms. The number of phenols is 1. The van der Waals surface area contributed by atoms with E-state index in [2.05, 4.69) is 4.90 Å². The molecule has 8 rings (SSSR count). The van der Waals surface area contributed by atoms with Crippen LogP contribution >= 0.6 is 0 Å². The van der Waals surface area contributed by atoms with Crippen LogP contribution in [0.15, 0.2) is 30.3 Å². The Morgan fingerprint density at radius 2 is 1.70 bits per heavy atom. The first-order valence-electron chi connectivity index (χ1n) is 15.3. The molecule has 6 aliphatic rings. The lowest BCUT2D eigenvalue weighted by Gasteiger charge is -2.64. The highest BCUT2D eigenvalue weighted by molar-refractivity contribution is 6.21. The maximum Gasteiger partial charge on any atom is 0.335 e. The lowest BCUT2D eigenvalue weighted by Crippen LogP contribution is -2.78. The molecule has 3 unspecified atom stereocenters. The number of fused-ring (bicyclic) bond motifs is 1. The van der Waals surface area contributed by atoms with Crippen LogP contribution in [0.25, 0.3) is 0 Å². The van der Waals surface area contributed by atoms with Crippen molar-refractivity contribution in [3.63, 3.8) is 0 Å². The van der Waals surface area contributed by atoms with Crippen molar-refractivity contribution in [2.24, 2.45) is 5.92 Å². The predicted molar refractivity (Wildman–Crippen MR) is 153 cm³/mol. The minimum absolute atomic E-state index is 0.00545. The van der Waals surface area contributed by atoms with Gasteiger partial charge in [-0.2, -0.15) is 0 Å². The number of imide groups is 1. The smallest absolute Gasteiger partial charge is 0.335 e. The predicted octanol–water partition coefficient (Wildman–Crippen LogP) is 0.638. The molecule has 3 fully saturated rings. The average molecular weight is 641 g/mol. The van der Waals surface area contributed by atoms with Crippen molar-refractivity contribution < 1.29 is 58.9 Å². The third kappa shape index (κ3) is 4.13. The molecule has 1 spiro atoms. The molecular weight excluding hydrogens is 607 g/mol. The third-order valence-electron chi connectivity index (χ3n) is 10.8. The average Bonchev–Trinajstić information content (AvgIpc) is 3.70. The number of hydrogen-bond donors (Lipinski definition) is 6. The maximum absolute atomic E-state index is 14.6. The molecule has 2 aromatic rings. The van der Waals surface area contributed by atoms with Crippen LogP contribution < -0.4 is 4.74 Å². The number of phenolic OH excluding ortho intramolecular Hbond substituents is 1. The molecule has 14 heteroatoms. The van der Waals surface area contributed by atoms with Gasteiger partial charge in [0.1, 0.15) is 11.9 Å². The van der Waals surface area contributed by atoms with Gasteiger partial charge in [0.15, 0.2) is 23.7 Å². The number of ether oxygens (including phenoxy) is 1. The molecule has 2 amide bonds. The van der Waals surface area contributed by atoms with Crippen molar-refractivity contribution in [3.8, 4) is 11.5 Å². The summed E-state index contributed by atoms with van der Waals surface area (Å²) in [7, 11) is 0. The van der Waals surface area contributed by atoms with Gasteiger partial charge in [0.25, 0.3) is 11.8 Å². The summed E-state index contributed by atoms with van der Waals surface area (Å²) >= 11 is 0. The van der Waals surface area contributed by atoms with Crippen molar-refractivity contribution in [3.05, 3.63) is 58.4 Å². The second kappa shape index (κ2) is 10.5. The number of carbonyl (C=O) groups excluding carboxylic acids is 2. The minimum atomic E-state index is -2.27. The zero-order valence-corrected chi connectivity index (χ0v) is 24.5. The van der Waals surface area contributed by atoms with E-state index in [1.807, 2.05) is 6.07 Å². The molecule has 3 heterocycles. The SMILES string of the molecule is O=C(O)C(O)C(O)C(=O)O.O=C1c2cccc(F)c2C(=O)N1[C@@H]1CCC2(O)[C@H]3Cc4ccc(O)c5c4[C@@]2(CCN3CC2CC2)[C@H]1O5. The van der Waals surface area contributed by atoms with Gasteiger partial charge in [-0.1, -0.05) is 12.1 Å². The number of nitrogens with zero attached hydrogens (tertiary/aromatic N) is 2. The van der Waals surface area contributed by atoms with E-state index in [0.29, 0.717) is 37.4 Å². The zero-order valence-electron chi connectivity index (χ0n) is 24.5. The molecule has 0 aromatic heterocycles. The normalized spacial score (nSPS) is 31.7. The molecule has 3 aliphatic carbocycles. The number of amides is 2. The van der Waals surface area contributed by atoms with Gasteiger partial charge < -0.3 is 35.4 Å². The molecule has 7 atom stereocenters. The molecule has 244 valence electrons. The number of carboxylic acids is 2. The Morgan fingerprint density at radius 1 is 1.00 bits per heavy atom. The molecular formula is C32H33FN2O11. The molecule has 6 N–H and O–H groups in total. The van der Waals surface area contributed by atoms with Gasteiger partial charge in [0.2, 0.25) is 0 Å². The Bertz CT molecular complexity index is 1660. The Kier molecular flexibility index (Phi) is 6.94. The van der Waals surface area contributed by atoms with Crippen molar-refractivity contribution in [2.75, 3.05) is 13.1 Å². The van der Waals surface area contributed by atoms with Gasteiger partial charge >= 0.3 is 11.9 Å². The maximum atomic E-state index is 14.6. The van der Waals surface area contributed by atoms with E-state index in [4.69, 9.17) is 25.2 Å². The number of hydrogen-bond acceptors (Lipinski definition) is 10. The zero-order chi connectivity index (χ0) is 32.9. The van der Waals surface area contributed by atoms with Gasteiger partial charge in [-0.15, -0.1) is 0 Å². The number of rotatable bonds is 6. The van der Waals surface area contributed by atoms with Crippen LogP contribution in [0.1, 0.15) is 63.9 Å². The fourth-order valence-corrected chi connectivity index (χ4v) is 8.55. The number of aliphatic hydroxyl groups excluding tert-OH is 2. The first-order valence-corrected chi connectivity index (χ1v) is 15.3. The number of aliphatic hydroxyl groups is 3. The Balaban J connectivity index is 0.000000296. The van der Waals surface area contributed by atoms with Crippen LogP contribution in [0, 0.1) is 11.7 Å². The Hall–Kier alpha value is -4.11. The van der Waals surface area contributed by atoms with Crippen LogP contribution in [0.5, 0.6) is 11.5 Å². The first kappa shape index (κ1) is 30.5. The Morgan fingerprint density at radius 3 is 2.33 bits per heavy atom. The van der Waals surface area contributed by atoms with Crippen molar-refractivity contribution >= 4 is 23.8 Å². The van der Waals surface area contributed by atoms with E-state index in [1.165, 1.54) is 31.0 Å². The van der Waals surface area contributed by atoms with Crippen LogP contribution in [0.2, 0.25) is 0 Å². The summed E-state index contributed by atoms with van der Waals surface area (Å²) in [5, 5.41) is 55.9. The van der Waals surface area contributed by atoms with Gasteiger partial charge in [0.05, 0.1) is 28.2 Å². The second-order valence-electron chi connectivity index (χ2n) is 13.1. The van der Waals surface area contributed by atoms with Crippen molar-refractivity contribution in [2.45, 2.75) is 79.9 Å². The summed E-state index contributed by atoms with van der Waals surface area (Å²) in [4.78, 5) is 50.0. The van der Waals surface area contributed by atoms with E-state index in [-0.39, 0.29) is 22.9 Å². The minimum Gasteiger partial charge on any atom is -0.504 e. The van der Waals surface area contributed by atoms with E-state index in [0.717, 1.165) is 29.1 Å². The van der Waals surface area contributed by atoms with Crippen LogP contribution in [-0.4, -0.2) is 113 Å². The lowest BCUT2D eigenvalue weighted by atomic mass is 9.48. The van der Waals surface area contributed by atoms with E-state index < -0.39 is 64.9 Å². The van der Waals surface area contributed by atoms with E-state index >= 15 is 0 Å². The van der Waals surface area contributed by atoms with Gasteiger partial charge in [-0.05, 0) is 74.8 Å². The van der Waals surface area contributed by atoms with Gasteiger partial charge in [-0.25, -0.2) is 14.0 Å². The number of carbonyl (C=O) groups is 4. The fourth-order valence-electron chi connectivity index (χ4n) is 8.55. The highest BCUT2D eigenvalue weighted by Crippen LogP contribution is 2.66. The standard InChI is InChI=1S/C28H27FN2O5.C4H6O6/c29-17-3-1-2-16-21(17)26(34)31(25(16)33)18-8-9-28(35)20-12-15-6-7-19(32)23-22(15)27(28,24(18)36-23)10-11-30(20)13-14-4-5-14;5-1(3(7)8)2(6)4(9)10/h1-3,6-7,14,18,20,24,32,35H,4-5,8-13H2;1-2,5-6H,(H,7,8)(H,9,10)/t18-,20-,24+,27+,28?;/m1./s1. The van der Waals surface area contributed by atoms with Crippen LogP contribution in [0.3, 0.4) is 0 Å². The molecule has 1 saturated heterocycles. The van der Waals surface area contributed by atoms with E-state index in [9.17, 15) is 33.8 Å². The summed E-state index contributed by atoms with van der Waals surface area (Å²) in [5.74, 6) is -4.37. The Labute approximate surface area is 261 Å². The molecule has 0 radical (unpaired) electrons. The topological polar surface area (TPSA) is 205 Å². The van der Waals surface area contributed by atoms with Crippen molar-refractivity contribution in [1.29, 1.82) is 0 Å². The van der Waals surface area contributed by atoms with E-state index in [1.54, 1.807) is 6.07 Å². The van der Waals surface area contributed by atoms with Crippen LogP contribution in [0.4, 0.5) is 4.39 Å². The number of aromatic hydroxyl groups is 1. The first-order chi connectivity index (χ1) is 21.8. The quantitative estimate of drug-likeness (QED) is 0.241. The van der Waals surface area contributed by atoms with Gasteiger partial charge in [-0.3, -0.25) is 19.4 Å². The number of aliphatic carboxylic acids is 2. The molecule has 3 aliphatic heterocycles. The number of piperidine rings is 1. The fraction of sp³-hybridized carbons (Fsp3) is 0.500. The van der Waals surface area contributed by atoms with Gasteiger partial charge in [0, 0.05) is 18.2 Å². The summed E-state index contributed by atoms with van der Waals surface area (Å²) in [6.07, 6.45) is -0.760. The summed E-state index contributed by atoms with van der Waals surface area (Å²) < 4.78 is 21.1.